The second-order valence-corrected chi connectivity index (χ2v) is 11.0. The Balaban J connectivity index is 1.57. The van der Waals surface area contributed by atoms with Gasteiger partial charge in [0.15, 0.2) is 0 Å². The van der Waals surface area contributed by atoms with E-state index < -0.39 is 10.0 Å². The molecule has 3 rings (SSSR count). The molecule has 1 aromatic rings. The molecule has 1 aromatic heterocycles. The van der Waals surface area contributed by atoms with Gasteiger partial charge in [0.05, 0.1) is 10.8 Å². The van der Waals surface area contributed by atoms with Crippen molar-refractivity contribution in [2.45, 2.75) is 67.8 Å². The summed E-state index contributed by atoms with van der Waals surface area (Å²) < 4.78 is 27.2. The van der Waals surface area contributed by atoms with Crippen LogP contribution in [0.15, 0.2) is 28.3 Å². The Morgan fingerprint density at radius 1 is 1.21 bits per heavy atom. The van der Waals surface area contributed by atoms with Crippen LogP contribution in [0.1, 0.15) is 51.9 Å². The van der Waals surface area contributed by atoms with Gasteiger partial charge in [-0.15, -0.1) is 0 Å². The van der Waals surface area contributed by atoms with Crippen LogP contribution in [-0.4, -0.2) is 60.4 Å². The van der Waals surface area contributed by atoms with Crippen LogP contribution >= 0.6 is 11.8 Å². The summed E-state index contributed by atoms with van der Waals surface area (Å²) in [5.74, 6) is 1.03. The van der Waals surface area contributed by atoms with E-state index >= 15 is 0 Å². The Labute approximate surface area is 173 Å². The van der Waals surface area contributed by atoms with E-state index in [1.54, 1.807) is 19.2 Å². The predicted octanol–water partition coefficient (Wildman–Crippen LogP) is 3.39. The molecule has 1 saturated heterocycles. The zero-order valence-corrected chi connectivity index (χ0v) is 18.5. The molecule has 1 aliphatic heterocycles. The van der Waals surface area contributed by atoms with Crippen LogP contribution in [0.4, 0.5) is 0 Å². The molecule has 2 aliphatic rings. The zero-order chi connectivity index (χ0) is 20.1. The molecule has 8 heteroatoms. The van der Waals surface area contributed by atoms with E-state index in [2.05, 4.69) is 11.9 Å². The van der Waals surface area contributed by atoms with Gasteiger partial charge >= 0.3 is 0 Å². The first-order valence-corrected chi connectivity index (χ1v) is 12.6. The second-order valence-electron chi connectivity index (χ2n) is 8.02. The summed E-state index contributed by atoms with van der Waals surface area (Å²) in [6.07, 6.45) is 8.88. The Hall–Kier alpha value is -1.12. The van der Waals surface area contributed by atoms with Gasteiger partial charge in [0.2, 0.25) is 15.9 Å². The monoisotopic (exact) mass is 425 g/mol. The van der Waals surface area contributed by atoms with Crippen molar-refractivity contribution in [1.29, 1.82) is 0 Å². The predicted molar refractivity (Wildman–Crippen MR) is 112 cm³/mol. The molecule has 6 nitrogen and oxygen atoms in total. The van der Waals surface area contributed by atoms with E-state index in [1.165, 1.54) is 35.1 Å². The van der Waals surface area contributed by atoms with Gasteiger partial charge in [-0.1, -0.05) is 37.9 Å². The lowest BCUT2D eigenvalue weighted by Crippen LogP contribution is -2.40. The molecule has 156 valence electrons. The number of pyridine rings is 1. The third kappa shape index (κ3) is 5.27. The summed E-state index contributed by atoms with van der Waals surface area (Å²) >= 11 is 1.37. The van der Waals surface area contributed by atoms with Crippen LogP contribution in [0.25, 0.3) is 0 Å². The molecule has 28 heavy (non-hydrogen) atoms. The third-order valence-corrected chi connectivity index (χ3v) is 8.65. The lowest BCUT2D eigenvalue weighted by molar-refractivity contribution is -0.130. The highest BCUT2D eigenvalue weighted by Crippen LogP contribution is 2.27. The van der Waals surface area contributed by atoms with Crippen LogP contribution in [0, 0.1) is 5.92 Å². The van der Waals surface area contributed by atoms with E-state index in [0.717, 1.165) is 45.2 Å². The van der Waals surface area contributed by atoms with E-state index in [1.807, 2.05) is 4.90 Å². The number of carbonyl (C=O) groups is 1. The maximum atomic E-state index is 12.9. The van der Waals surface area contributed by atoms with Gasteiger partial charge in [-0.3, -0.25) is 4.79 Å². The maximum absolute atomic E-state index is 12.9. The minimum Gasteiger partial charge on any atom is -0.342 e. The van der Waals surface area contributed by atoms with Gasteiger partial charge < -0.3 is 4.90 Å². The molecule has 0 aromatic carbocycles. The number of likely N-dealkylation sites (tertiary alicyclic amines) is 1. The maximum Gasteiger partial charge on any atom is 0.244 e. The normalized spacial score (nSPS) is 21.8. The molecular weight excluding hydrogens is 394 g/mol. The van der Waals surface area contributed by atoms with E-state index in [4.69, 9.17) is 0 Å². The Morgan fingerprint density at radius 2 is 1.96 bits per heavy atom. The Morgan fingerprint density at radius 3 is 2.61 bits per heavy atom. The smallest absolute Gasteiger partial charge is 0.244 e. The fourth-order valence-corrected chi connectivity index (χ4v) is 6.16. The first-order chi connectivity index (χ1) is 13.4. The highest BCUT2D eigenvalue weighted by molar-refractivity contribution is 7.99. The first kappa shape index (κ1) is 21.6. The summed E-state index contributed by atoms with van der Waals surface area (Å²) in [5.41, 5.74) is 0. The van der Waals surface area contributed by atoms with E-state index in [0.29, 0.717) is 16.7 Å². The summed E-state index contributed by atoms with van der Waals surface area (Å²) in [6.45, 7) is 3.84. The van der Waals surface area contributed by atoms with E-state index in [9.17, 15) is 13.2 Å². The molecule has 0 N–H and O–H groups in total. The molecule has 0 unspecified atom stereocenters. The number of carbonyl (C=O) groups excluding carboxylic acids is 1. The second kappa shape index (κ2) is 9.59. The minimum atomic E-state index is -3.52. The molecule has 1 atom stereocenters. The number of hydrogen-bond acceptors (Lipinski definition) is 5. The largest absolute Gasteiger partial charge is 0.342 e. The molecule has 2 fully saturated rings. The minimum absolute atomic E-state index is 0.0809. The van der Waals surface area contributed by atoms with Gasteiger partial charge in [0.25, 0.3) is 0 Å². The Kier molecular flexibility index (Phi) is 7.39. The number of piperidine rings is 1. The van der Waals surface area contributed by atoms with Crippen molar-refractivity contribution in [3.05, 3.63) is 18.3 Å². The fourth-order valence-electron chi connectivity index (χ4n) is 4.05. The number of rotatable bonds is 6. The van der Waals surface area contributed by atoms with Crippen molar-refractivity contribution >= 4 is 27.7 Å². The first-order valence-electron chi connectivity index (χ1n) is 10.2. The third-order valence-electron chi connectivity index (χ3n) is 5.83. The van der Waals surface area contributed by atoms with Crippen LogP contribution in [-0.2, 0) is 14.8 Å². The number of amides is 1. The lowest BCUT2D eigenvalue weighted by atomic mass is 9.96. The number of thioether (sulfide) groups is 1. The van der Waals surface area contributed by atoms with Gasteiger partial charge in [-0.25, -0.2) is 13.4 Å². The van der Waals surface area contributed by atoms with Crippen molar-refractivity contribution in [2.24, 2.45) is 5.92 Å². The van der Waals surface area contributed by atoms with Crippen molar-refractivity contribution < 1.29 is 13.2 Å². The lowest BCUT2D eigenvalue weighted by Gasteiger charge is -2.30. The highest BCUT2D eigenvalue weighted by atomic mass is 32.2. The Bertz CT molecular complexity index is 761. The summed E-state index contributed by atoms with van der Waals surface area (Å²) in [7, 11) is -1.85. The number of hydrogen-bond donors (Lipinski definition) is 0. The summed E-state index contributed by atoms with van der Waals surface area (Å²) in [5, 5.41) is 0.678. The number of nitrogens with zero attached hydrogens (tertiary/aromatic N) is 3. The van der Waals surface area contributed by atoms with Crippen LogP contribution in [0.3, 0.4) is 0 Å². The van der Waals surface area contributed by atoms with Crippen LogP contribution in [0.5, 0.6) is 0 Å². The van der Waals surface area contributed by atoms with Gasteiger partial charge in [-0.2, -0.15) is 4.31 Å². The van der Waals surface area contributed by atoms with Crippen molar-refractivity contribution in [3.8, 4) is 0 Å². The van der Waals surface area contributed by atoms with Gasteiger partial charge in [-0.05, 0) is 43.7 Å². The van der Waals surface area contributed by atoms with Crippen LogP contribution < -0.4 is 0 Å². The molecule has 2 heterocycles. The molecule has 1 aliphatic carbocycles. The SMILES string of the molecule is C[C@H]1CCCN(C(=O)CSc2ccc(S(=O)(=O)N(C)C3CCCCC3)cn2)C1. The van der Waals surface area contributed by atoms with Crippen LogP contribution in [0.2, 0.25) is 0 Å². The molecule has 1 amide bonds. The van der Waals surface area contributed by atoms with Crippen molar-refractivity contribution in [3.63, 3.8) is 0 Å². The highest BCUT2D eigenvalue weighted by Gasteiger charge is 2.29. The zero-order valence-electron chi connectivity index (χ0n) is 16.8. The topological polar surface area (TPSA) is 70.6 Å². The van der Waals surface area contributed by atoms with Crippen molar-refractivity contribution in [2.75, 3.05) is 25.9 Å². The quantitative estimate of drug-likeness (QED) is 0.654. The molecule has 0 bridgehead atoms. The van der Waals surface area contributed by atoms with Gasteiger partial charge in [0.1, 0.15) is 4.90 Å². The molecule has 1 saturated carbocycles. The number of sulfonamides is 1. The van der Waals surface area contributed by atoms with Crippen molar-refractivity contribution in [1.82, 2.24) is 14.2 Å². The standard InChI is InChI=1S/C20H31N3O3S2/c1-16-7-6-12-23(14-16)20(24)15-27-19-11-10-18(13-21-19)28(25,26)22(2)17-8-4-3-5-9-17/h10-11,13,16-17H,3-9,12,14-15H2,1-2H3/t16-/m0/s1. The molecule has 0 radical (unpaired) electrons. The number of aromatic nitrogens is 1. The fraction of sp³-hybridized carbons (Fsp3) is 0.700. The summed E-state index contributed by atoms with van der Waals surface area (Å²) in [4.78, 5) is 18.8. The molecule has 0 spiro atoms. The molecular formula is C20H31N3O3S2. The summed E-state index contributed by atoms with van der Waals surface area (Å²) in [6, 6.07) is 3.40. The average Bonchev–Trinajstić information content (AvgIpc) is 2.72. The van der Waals surface area contributed by atoms with Gasteiger partial charge in [0, 0.05) is 32.4 Å². The average molecular weight is 426 g/mol. The van der Waals surface area contributed by atoms with E-state index in [-0.39, 0.29) is 16.8 Å².